The number of non-ortho nitro benzene ring substituents is 1. The monoisotopic (exact) mass is 343 g/mol. The molecule has 1 aromatic rings. The van der Waals surface area contributed by atoms with E-state index in [9.17, 15) is 28.1 Å². The van der Waals surface area contributed by atoms with Crippen LogP contribution < -0.4 is 0 Å². The van der Waals surface area contributed by atoms with Crippen LogP contribution in [0.4, 0.5) is 5.69 Å². The lowest BCUT2D eigenvalue weighted by Crippen LogP contribution is -2.53. The molecule has 1 aliphatic rings. The molecule has 124 valence electrons. The number of amides is 1. The molecule has 0 unspecified atom stereocenters. The molecule has 2 rings (SSSR count). The molecule has 1 fully saturated rings. The Morgan fingerprint density at radius 3 is 2.35 bits per heavy atom. The van der Waals surface area contributed by atoms with E-state index in [0.717, 1.165) is 33.5 Å². The van der Waals surface area contributed by atoms with Gasteiger partial charge >= 0.3 is 5.97 Å². The van der Waals surface area contributed by atoms with E-state index >= 15 is 0 Å². The van der Waals surface area contributed by atoms with E-state index in [2.05, 4.69) is 0 Å². The Hall–Kier alpha value is -2.53. The summed E-state index contributed by atoms with van der Waals surface area (Å²) in [4.78, 5) is 33.3. The summed E-state index contributed by atoms with van der Waals surface area (Å²) in [7, 11) is -3.97. The molecular weight excluding hydrogens is 330 g/mol. The van der Waals surface area contributed by atoms with Gasteiger partial charge < -0.3 is 10.0 Å². The SMILES string of the molecule is O=C(O)CN1CCN(S(=O)(=O)c2ccc([N+](=O)[O-])cc2)CC1=O. The van der Waals surface area contributed by atoms with E-state index in [1.165, 1.54) is 0 Å². The lowest BCUT2D eigenvalue weighted by atomic mass is 10.3. The van der Waals surface area contributed by atoms with Gasteiger partial charge in [-0.15, -0.1) is 0 Å². The first-order valence-corrected chi connectivity index (χ1v) is 7.90. The first kappa shape index (κ1) is 16.8. The van der Waals surface area contributed by atoms with Gasteiger partial charge in [-0.1, -0.05) is 0 Å². The number of carboxylic acids is 1. The zero-order valence-corrected chi connectivity index (χ0v) is 12.6. The van der Waals surface area contributed by atoms with Crippen LogP contribution in [0.25, 0.3) is 0 Å². The number of sulfonamides is 1. The summed E-state index contributed by atoms with van der Waals surface area (Å²) in [6, 6.07) is 4.33. The molecule has 0 atom stereocenters. The number of benzene rings is 1. The lowest BCUT2D eigenvalue weighted by molar-refractivity contribution is -0.384. The fraction of sp³-hybridized carbons (Fsp3) is 0.333. The summed E-state index contributed by atoms with van der Waals surface area (Å²) in [5.41, 5.74) is -0.244. The van der Waals surface area contributed by atoms with Crippen molar-refractivity contribution < 1.29 is 28.0 Å². The Kier molecular flexibility index (Phi) is 4.61. The number of piperazine rings is 1. The Bertz CT molecular complexity index is 744. The topological polar surface area (TPSA) is 138 Å². The fourth-order valence-corrected chi connectivity index (χ4v) is 3.49. The van der Waals surface area contributed by atoms with Crippen LogP contribution in [0.5, 0.6) is 0 Å². The molecule has 1 aromatic carbocycles. The largest absolute Gasteiger partial charge is 0.480 e. The normalized spacial score (nSPS) is 16.3. The predicted molar refractivity (Wildman–Crippen MR) is 76.1 cm³/mol. The molecule has 0 saturated carbocycles. The second-order valence-electron chi connectivity index (χ2n) is 4.80. The van der Waals surface area contributed by atoms with Crippen molar-refractivity contribution in [1.82, 2.24) is 9.21 Å². The smallest absolute Gasteiger partial charge is 0.323 e. The first-order valence-electron chi connectivity index (χ1n) is 6.46. The lowest BCUT2D eigenvalue weighted by Gasteiger charge is -2.32. The van der Waals surface area contributed by atoms with Crippen LogP contribution in [0, 0.1) is 10.1 Å². The summed E-state index contributed by atoms with van der Waals surface area (Å²) in [6.07, 6.45) is 0. The maximum atomic E-state index is 12.4. The Labute approximate surface area is 131 Å². The quantitative estimate of drug-likeness (QED) is 0.562. The average molecular weight is 343 g/mol. The van der Waals surface area contributed by atoms with E-state index in [-0.39, 0.29) is 23.7 Å². The molecule has 10 nitrogen and oxygen atoms in total. The van der Waals surface area contributed by atoms with Crippen LogP contribution in [-0.4, -0.2) is 65.7 Å². The highest BCUT2D eigenvalue weighted by atomic mass is 32.2. The Morgan fingerprint density at radius 1 is 1.26 bits per heavy atom. The van der Waals surface area contributed by atoms with Crippen LogP contribution in [-0.2, 0) is 19.6 Å². The minimum Gasteiger partial charge on any atom is -0.480 e. The summed E-state index contributed by atoms with van der Waals surface area (Å²) in [5.74, 6) is -1.78. The van der Waals surface area contributed by atoms with Crippen LogP contribution in [0.3, 0.4) is 0 Å². The van der Waals surface area contributed by atoms with Gasteiger partial charge in [0.25, 0.3) is 5.69 Å². The van der Waals surface area contributed by atoms with Crippen molar-refractivity contribution in [3.8, 4) is 0 Å². The third-order valence-corrected chi connectivity index (χ3v) is 5.15. The molecule has 1 saturated heterocycles. The first-order chi connectivity index (χ1) is 10.7. The third-order valence-electron chi connectivity index (χ3n) is 3.30. The number of carboxylic acid groups (broad SMARTS) is 1. The van der Waals surface area contributed by atoms with Crippen molar-refractivity contribution in [3.63, 3.8) is 0 Å². The maximum absolute atomic E-state index is 12.4. The molecule has 0 spiro atoms. The van der Waals surface area contributed by atoms with Gasteiger partial charge in [-0.05, 0) is 12.1 Å². The number of nitro benzene ring substituents is 1. The van der Waals surface area contributed by atoms with Crippen molar-refractivity contribution in [2.75, 3.05) is 26.2 Å². The number of hydrogen-bond acceptors (Lipinski definition) is 6. The number of hydrogen-bond donors (Lipinski definition) is 1. The second-order valence-corrected chi connectivity index (χ2v) is 6.74. The van der Waals surface area contributed by atoms with Crippen LogP contribution >= 0.6 is 0 Å². The van der Waals surface area contributed by atoms with E-state index in [0.29, 0.717) is 0 Å². The van der Waals surface area contributed by atoms with Crippen molar-refractivity contribution in [2.45, 2.75) is 4.90 Å². The number of nitrogens with zero attached hydrogens (tertiary/aromatic N) is 3. The standard InChI is InChI=1S/C12H13N3O7S/c16-11-7-14(6-5-13(11)8-12(17)18)23(21,22)10-3-1-9(2-4-10)15(19)20/h1-4H,5-8H2,(H,17,18). The predicted octanol–water partition coefficient (Wildman–Crippen LogP) is -0.488. The van der Waals surface area contributed by atoms with Gasteiger partial charge in [0.1, 0.15) is 6.54 Å². The van der Waals surface area contributed by atoms with E-state index in [1.54, 1.807) is 0 Å². The van der Waals surface area contributed by atoms with Gasteiger partial charge in [-0.3, -0.25) is 19.7 Å². The van der Waals surface area contributed by atoms with Crippen LogP contribution in [0.2, 0.25) is 0 Å². The van der Waals surface area contributed by atoms with Crippen molar-refractivity contribution in [2.24, 2.45) is 0 Å². The maximum Gasteiger partial charge on any atom is 0.323 e. The molecule has 0 radical (unpaired) electrons. The zero-order chi connectivity index (χ0) is 17.2. The molecule has 0 aliphatic carbocycles. The summed E-state index contributed by atoms with van der Waals surface area (Å²) in [6.45, 7) is -1.02. The highest BCUT2D eigenvalue weighted by molar-refractivity contribution is 7.89. The number of carbonyl (C=O) groups is 2. The van der Waals surface area contributed by atoms with Gasteiger partial charge in [0.15, 0.2) is 0 Å². The van der Waals surface area contributed by atoms with Gasteiger partial charge in [0.05, 0.1) is 16.4 Å². The Morgan fingerprint density at radius 2 is 1.87 bits per heavy atom. The molecule has 1 amide bonds. The van der Waals surface area contributed by atoms with Crippen molar-refractivity contribution >= 4 is 27.6 Å². The molecule has 1 N–H and O–H groups in total. The number of aliphatic carboxylic acids is 1. The molecular formula is C12H13N3O7S. The number of nitro groups is 1. The van der Waals surface area contributed by atoms with Crippen LogP contribution in [0.1, 0.15) is 0 Å². The highest BCUT2D eigenvalue weighted by Crippen LogP contribution is 2.21. The molecule has 0 aromatic heterocycles. The summed E-state index contributed by atoms with van der Waals surface area (Å²) >= 11 is 0. The number of carbonyl (C=O) groups excluding carboxylic acids is 1. The van der Waals surface area contributed by atoms with Gasteiger partial charge in [0.2, 0.25) is 15.9 Å². The zero-order valence-electron chi connectivity index (χ0n) is 11.8. The molecule has 1 heterocycles. The minimum atomic E-state index is -3.97. The number of rotatable bonds is 5. The molecule has 0 bridgehead atoms. The minimum absolute atomic E-state index is 0.0304. The van der Waals surface area contributed by atoms with Crippen molar-refractivity contribution in [1.29, 1.82) is 0 Å². The van der Waals surface area contributed by atoms with E-state index < -0.39 is 39.9 Å². The highest BCUT2D eigenvalue weighted by Gasteiger charge is 2.33. The fourth-order valence-electron chi connectivity index (χ4n) is 2.11. The van der Waals surface area contributed by atoms with E-state index in [4.69, 9.17) is 5.11 Å². The van der Waals surface area contributed by atoms with Gasteiger partial charge in [0, 0.05) is 25.2 Å². The second kappa shape index (κ2) is 6.30. The average Bonchev–Trinajstić information content (AvgIpc) is 2.49. The summed E-state index contributed by atoms with van der Waals surface area (Å²) < 4.78 is 25.7. The van der Waals surface area contributed by atoms with Crippen LogP contribution in [0.15, 0.2) is 29.2 Å². The van der Waals surface area contributed by atoms with Crippen molar-refractivity contribution in [3.05, 3.63) is 34.4 Å². The molecule has 1 aliphatic heterocycles. The van der Waals surface area contributed by atoms with E-state index in [1.807, 2.05) is 0 Å². The third kappa shape index (κ3) is 3.63. The molecule has 11 heteroatoms. The van der Waals surface area contributed by atoms with Gasteiger partial charge in [-0.25, -0.2) is 8.42 Å². The van der Waals surface area contributed by atoms with Gasteiger partial charge in [-0.2, -0.15) is 4.31 Å². The Balaban J connectivity index is 2.16. The summed E-state index contributed by atoms with van der Waals surface area (Å²) in [5, 5.41) is 19.3. The molecule has 23 heavy (non-hydrogen) atoms.